The van der Waals surface area contributed by atoms with Crippen LogP contribution in [0.2, 0.25) is 0 Å². The summed E-state index contributed by atoms with van der Waals surface area (Å²) in [5.41, 5.74) is 25.8. The summed E-state index contributed by atoms with van der Waals surface area (Å²) < 4.78 is 14.6. The number of anilines is 2. The minimum absolute atomic E-state index is 0.638. The largest absolute Gasteiger partial charge is 0.396 e. The first-order valence-electron chi connectivity index (χ1n) is 30.8. The van der Waals surface area contributed by atoms with Crippen molar-refractivity contribution in [1.29, 1.82) is 0 Å². The van der Waals surface area contributed by atoms with Gasteiger partial charge in [0.1, 0.15) is 0 Å². The fraction of sp³-hybridized carbons (Fsp3) is 0.719. The summed E-state index contributed by atoms with van der Waals surface area (Å²) in [4.78, 5) is 0. The van der Waals surface area contributed by atoms with E-state index >= 15 is 0 Å². The maximum Gasteiger partial charge on any atom is 0.0784 e. The predicted molar refractivity (Wildman–Crippen MR) is 333 cm³/mol. The zero-order valence-electron chi connectivity index (χ0n) is 46.9. The molecule has 1 aromatic carbocycles. The van der Waals surface area contributed by atoms with Gasteiger partial charge in [0.15, 0.2) is 0 Å². The maximum absolute atomic E-state index is 7.65. The van der Waals surface area contributed by atoms with Crippen LogP contribution in [-0.4, -0.2) is 9.13 Å². The van der Waals surface area contributed by atoms with Gasteiger partial charge in [-0.3, -0.25) is 0 Å². The van der Waals surface area contributed by atoms with Crippen molar-refractivity contribution in [2.24, 2.45) is 11.8 Å². The minimum Gasteiger partial charge on any atom is -0.396 e. The van der Waals surface area contributed by atoms with Crippen LogP contribution in [0.3, 0.4) is 0 Å². The van der Waals surface area contributed by atoms with Crippen molar-refractivity contribution in [3.05, 3.63) is 21.9 Å². The Kier molecular flexibility index (Phi) is 24.3. The highest BCUT2D eigenvalue weighted by Crippen LogP contribution is 2.55. The second kappa shape index (κ2) is 30.5. The van der Waals surface area contributed by atoms with Gasteiger partial charge in [0.25, 0.3) is 0 Å². The molecule has 6 aromatic heterocycles. The summed E-state index contributed by atoms with van der Waals surface area (Å²) in [5.74, 6) is 1.28. The van der Waals surface area contributed by atoms with E-state index in [0.29, 0.717) is 11.8 Å². The minimum atomic E-state index is 0.638. The van der Waals surface area contributed by atoms with Crippen LogP contribution in [-0.2, 0) is 25.9 Å². The monoisotopic (exact) mass is 1050 g/mol. The predicted octanol–water partition coefficient (Wildman–Crippen LogP) is 23.3. The van der Waals surface area contributed by atoms with Crippen LogP contribution in [0.25, 0.3) is 61.0 Å². The summed E-state index contributed by atoms with van der Waals surface area (Å²) in [6.45, 7) is 16.2. The molecule has 4 nitrogen and oxygen atoms in total. The number of hydrogen-bond acceptors (Lipinski definition) is 6. The number of hydrogen-bond donors (Lipinski definition) is 2. The lowest BCUT2D eigenvalue weighted by Crippen LogP contribution is -2.14. The normalized spacial score (nSPS) is 13.3. The van der Waals surface area contributed by atoms with E-state index in [9.17, 15) is 0 Å². The molecule has 0 aliphatic carbocycles. The number of rotatable bonds is 40. The van der Waals surface area contributed by atoms with E-state index in [0.717, 1.165) is 24.5 Å². The molecule has 8 heteroatoms. The van der Waals surface area contributed by atoms with E-state index in [2.05, 4.69) is 84.1 Å². The topological polar surface area (TPSA) is 61.9 Å². The van der Waals surface area contributed by atoms with E-state index in [4.69, 9.17) is 11.5 Å². The Labute approximate surface area is 454 Å². The zero-order chi connectivity index (χ0) is 50.7. The van der Waals surface area contributed by atoms with Crippen molar-refractivity contribution >= 4 is 118 Å². The third kappa shape index (κ3) is 14.2. The molecule has 4 N–H and O–H groups in total. The van der Waals surface area contributed by atoms with Gasteiger partial charge in [-0.15, -0.1) is 45.3 Å². The molecule has 402 valence electrons. The molecule has 0 saturated heterocycles. The molecule has 0 radical (unpaired) electrons. The van der Waals surface area contributed by atoms with E-state index in [1.807, 2.05) is 22.7 Å². The zero-order valence-corrected chi connectivity index (χ0v) is 50.1. The molecule has 6 heterocycles. The molecule has 7 aromatic rings. The highest BCUT2D eigenvalue weighted by atomic mass is 32.1. The Morgan fingerprint density at radius 3 is 1.00 bits per heavy atom. The summed E-state index contributed by atoms with van der Waals surface area (Å²) >= 11 is 8.15. The van der Waals surface area contributed by atoms with Crippen molar-refractivity contribution in [1.82, 2.24) is 9.13 Å². The number of thiophene rings is 4. The van der Waals surface area contributed by atoms with Crippen molar-refractivity contribution in [2.75, 3.05) is 11.5 Å². The Morgan fingerprint density at radius 1 is 0.347 bits per heavy atom. The van der Waals surface area contributed by atoms with Crippen LogP contribution in [0, 0.1) is 11.8 Å². The number of unbranched alkanes of at least 4 members (excludes halogenated alkanes) is 24. The van der Waals surface area contributed by atoms with Crippen molar-refractivity contribution in [3.8, 4) is 0 Å². The third-order valence-corrected chi connectivity index (χ3v) is 21.7. The lowest BCUT2D eigenvalue weighted by molar-refractivity contribution is 0.368. The standard InChI is InChI=1S/C64H102N4S4/c1-7-13-19-23-25-27-29-31-35-41-49-45-69-63-57-61(71-59(49)63)51-53(65)54(66)52-56(55(51)67(57)43-47(37-17-11-5)39-33-21-15-9-3)68(44-48(38-18-12-6)40-34-22-16-10-4)58-62(52)72-60-50(46-70-64(58)60)42-36-32-30-28-26-24-20-14-8-2/h45-48H,7-44,65-66H2,1-6H3. The molecule has 0 amide bonds. The first kappa shape index (κ1) is 57.4. The van der Waals surface area contributed by atoms with Crippen LogP contribution >= 0.6 is 45.3 Å². The molecule has 0 aliphatic rings. The molecule has 2 unspecified atom stereocenters. The van der Waals surface area contributed by atoms with Gasteiger partial charge in [0.05, 0.1) is 61.6 Å². The fourth-order valence-corrected chi connectivity index (χ4v) is 18.0. The van der Waals surface area contributed by atoms with Crippen LogP contribution in [0.15, 0.2) is 10.8 Å². The highest BCUT2D eigenvalue weighted by Gasteiger charge is 2.31. The summed E-state index contributed by atoms with van der Waals surface area (Å²) in [7, 11) is 0. The number of aromatic nitrogens is 2. The maximum atomic E-state index is 7.65. The smallest absolute Gasteiger partial charge is 0.0784 e. The number of fused-ring (bicyclic) bond motifs is 11. The Morgan fingerprint density at radius 2 is 0.653 bits per heavy atom. The van der Waals surface area contributed by atoms with E-state index in [-0.39, 0.29) is 0 Å². The van der Waals surface area contributed by atoms with Gasteiger partial charge in [-0.2, -0.15) is 0 Å². The van der Waals surface area contributed by atoms with Crippen LogP contribution in [0.5, 0.6) is 0 Å². The SMILES string of the molecule is CCCCCCCCCCCc1csc2c1sc1c3c(N)c(N)c4c5sc6c(CCCCCCCCCCC)csc6c5n(CC(CCCC)CCCCCC)c4c3n(CC(CCCC)CCCCCC)c21. The molecular weight excluding hydrogens is 953 g/mol. The van der Waals surface area contributed by atoms with Gasteiger partial charge >= 0.3 is 0 Å². The number of benzene rings is 1. The second-order valence-corrected chi connectivity index (χ2v) is 26.6. The lowest BCUT2D eigenvalue weighted by atomic mass is 9.94. The molecule has 0 saturated carbocycles. The molecule has 72 heavy (non-hydrogen) atoms. The van der Waals surface area contributed by atoms with Crippen LogP contribution < -0.4 is 11.5 Å². The molecule has 0 bridgehead atoms. The number of nitrogens with zero attached hydrogens (tertiary/aromatic N) is 2. The van der Waals surface area contributed by atoms with Crippen LogP contribution in [0.1, 0.15) is 271 Å². The van der Waals surface area contributed by atoms with Crippen molar-refractivity contribution in [3.63, 3.8) is 0 Å². The van der Waals surface area contributed by atoms with Gasteiger partial charge in [-0.25, -0.2) is 0 Å². The molecule has 0 aliphatic heterocycles. The van der Waals surface area contributed by atoms with Gasteiger partial charge in [0, 0.05) is 23.9 Å². The van der Waals surface area contributed by atoms with Crippen LogP contribution in [0.4, 0.5) is 11.4 Å². The summed E-state index contributed by atoms with van der Waals surface area (Å²) in [6.07, 6.45) is 48.0. The molecule has 7 rings (SSSR count). The first-order valence-corrected chi connectivity index (χ1v) is 34.2. The van der Waals surface area contributed by atoms with E-state index in [1.165, 1.54) is 292 Å². The highest BCUT2D eigenvalue weighted by molar-refractivity contribution is 7.33. The average molecular weight is 1060 g/mol. The third-order valence-electron chi connectivity index (χ3n) is 16.8. The second-order valence-electron chi connectivity index (χ2n) is 22.8. The van der Waals surface area contributed by atoms with Gasteiger partial charge < -0.3 is 20.6 Å². The quantitative estimate of drug-likeness (QED) is 0.0228. The number of nitrogen functional groups attached to an aromatic ring is 2. The van der Waals surface area contributed by atoms with Gasteiger partial charge in [-0.1, -0.05) is 221 Å². The Hall–Kier alpha value is -2.26. The van der Waals surface area contributed by atoms with Crippen molar-refractivity contribution in [2.45, 2.75) is 286 Å². The lowest BCUT2D eigenvalue weighted by Gasteiger charge is -2.22. The first-order chi connectivity index (χ1) is 35.4. The number of nitrogens with two attached hydrogens (primary N) is 2. The average Bonchev–Trinajstić information content (AvgIpc) is 4.24. The molecule has 2 atom stereocenters. The van der Waals surface area contributed by atoms with Gasteiger partial charge in [-0.05, 0) is 85.1 Å². The fourth-order valence-electron chi connectivity index (χ4n) is 12.5. The van der Waals surface area contributed by atoms with E-state index in [1.54, 1.807) is 11.1 Å². The Balaban J connectivity index is 1.36. The van der Waals surface area contributed by atoms with Crippen molar-refractivity contribution < 1.29 is 0 Å². The molecule has 0 spiro atoms. The van der Waals surface area contributed by atoms with E-state index < -0.39 is 0 Å². The van der Waals surface area contributed by atoms with Gasteiger partial charge in [0.2, 0.25) is 0 Å². The summed E-state index contributed by atoms with van der Waals surface area (Å²) in [6, 6.07) is 0. The summed E-state index contributed by atoms with van der Waals surface area (Å²) in [5, 5.41) is 7.58. The Bertz CT molecular complexity index is 2460. The molecular formula is C64H102N4S4. The molecule has 0 fully saturated rings. The number of aryl methyl sites for hydroxylation is 2.